The molecule has 0 bridgehead atoms. The smallest absolute Gasteiger partial charge is 0.132 e. The first-order valence-electron chi connectivity index (χ1n) is 10.9. The van der Waals surface area contributed by atoms with Crippen LogP contribution in [0.5, 0.6) is 0 Å². The lowest BCUT2D eigenvalue weighted by atomic mass is 9.88. The van der Waals surface area contributed by atoms with Gasteiger partial charge in [0.25, 0.3) is 0 Å². The molecule has 0 amide bonds. The highest BCUT2D eigenvalue weighted by molar-refractivity contribution is 5.29. The number of hydrogen-bond acceptors (Lipinski definition) is 2. The van der Waals surface area contributed by atoms with Crippen molar-refractivity contribution in [2.24, 2.45) is 11.8 Å². The minimum Gasteiger partial charge on any atom is -0.374 e. The van der Waals surface area contributed by atoms with Crippen molar-refractivity contribution in [2.45, 2.75) is 91.2 Å². The maximum atomic E-state index is 10.5. The fourth-order valence-electron chi connectivity index (χ4n) is 3.76. The van der Waals surface area contributed by atoms with Crippen molar-refractivity contribution in [1.29, 1.82) is 0 Å². The fraction of sp³-hybridized carbons (Fsp3) is 0.750. The van der Waals surface area contributed by atoms with E-state index in [0.29, 0.717) is 11.8 Å². The first-order valence-corrected chi connectivity index (χ1v) is 10.9. The molecule has 0 saturated heterocycles. The Balaban J connectivity index is 2.59. The molecule has 1 rings (SSSR count). The highest BCUT2D eigenvalue weighted by atomic mass is 16.3. The van der Waals surface area contributed by atoms with E-state index in [2.05, 4.69) is 39.5 Å². The lowest BCUT2D eigenvalue weighted by Gasteiger charge is -2.25. The number of aliphatic hydroxyl groups excluding tert-OH is 1. The monoisotopic (exact) mass is 361 g/mol. The van der Waals surface area contributed by atoms with E-state index in [1.54, 1.807) is 0 Å². The van der Waals surface area contributed by atoms with Crippen molar-refractivity contribution in [3.63, 3.8) is 0 Å². The average Bonchev–Trinajstić information content (AvgIpc) is 2.79. The molecule has 2 nitrogen and oxygen atoms in total. The van der Waals surface area contributed by atoms with Gasteiger partial charge in [-0.15, -0.1) is 0 Å². The van der Waals surface area contributed by atoms with Gasteiger partial charge in [0.15, 0.2) is 0 Å². The summed E-state index contributed by atoms with van der Waals surface area (Å²) in [7, 11) is 1.99. The normalized spacial score (nSPS) is 20.6. The highest BCUT2D eigenvalue weighted by Gasteiger charge is 2.16. The number of hydrogen-bond donors (Lipinski definition) is 1. The molecule has 1 aliphatic rings. The van der Waals surface area contributed by atoms with Crippen LogP contribution in [0.25, 0.3) is 0 Å². The van der Waals surface area contributed by atoms with Crippen LogP contribution in [0.3, 0.4) is 0 Å². The van der Waals surface area contributed by atoms with Gasteiger partial charge in [-0.2, -0.15) is 0 Å². The highest BCUT2D eigenvalue weighted by Crippen LogP contribution is 2.28. The largest absolute Gasteiger partial charge is 0.374 e. The van der Waals surface area contributed by atoms with Crippen LogP contribution >= 0.6 is 0 Å². The second-order valence-electron chi connectivity index (χ2n) is 8.25. The third kappa shape index (κ3) is 8.68. The summed E-state index contributed by atoms with van der Waals surface area (Å²) in [6, 6.07) is 0. The molecular formula is C24H43NO. The van der Waals surface area contributed by atoms with Crippen molar-refractivity contribution in [1.82, 2.24) is 4.90 Å². The molecule has 0 aromatic heterocycles. The third-order valence-electron chi connectivity index (χ3n) is 6.07. The molecule has 1 saturated carbocycles. The van der Waals surface area contributed by atoms with Gasteiger partial charge in [0.1, 0.15) is 6.23 Å². The third-order valence-corrected chi connectivity index (χ3v) is 6.07. The van der Waals surface area contributed by atoms with Gasteiger partial charge in [-0.3, -0.25) is 4.90 Å². The summed E-state index contributed by atoms with van der Waals surface area (Å²) in [5.74, 6) is 1.37. The molecule has 0 heterocycles. The zero-order valence-corrected chi connectivity index (χ0v) is 17.8. The lowest BCUT2D eigenvalue weighted by Crippen LogP contribution is -2.33. The molecule has 1 fully saturated rings. The van der Waals surface area contributed by atoms with E-state index >= 15 is 0 Å². The van der Waals surface area contributed by atoms with Gasteiger partial charge in [0, 0.05) is 6.54 Å². The Labute approximate surface area is 163 Å². The molecule has 150 valence electrons. The zero-order valence-electron chi connectivity index (χ0n) is 17.8. The zero-order chi connectivity index (χ0) is 19.4. The number of rotatable bonds is 9. The molecule has 2 unspecified atom stereocenters. The van der Waals surface area contributed by atoms with Crippen molar-refractivity contribution in [3.05, 3.63) is 36.0 Å². The maximum absolute atomic E-state index is 10.5. The summed E-state index contributed by atoms with van der Waals surface area (Å²) < 4.78 is 0. The Bertz CT molecular complexity index is 441. The van der Waals surface area contributed by atoms with Crippen LogP contribution in [-0.4, -0.2) is 29.8 Å². The first-order chi connectivity index (χ1) is 12.5. The van der Waals surface area contributed by atoms with Crippen LogP contribution < -0.4 is 0 Å². The topological polar surface area (TPSA) is 23.5 Å². The quantitative estimate of drug-likeness (QED) is 0.375. The van der Waals surface area contributed by atoms with Crippen molar-refractivity contribution < 1.29 is 5.11 Å². The van der Waals surface area contributed by atoms with E-state index in [0.717, 1.165) is 18.5 Å². The van der Waals surface area contributed by atoms with E-state index < -0.39 is 6.23 Å². The minimum atomic E-state index is -0.589. The van der Waals surface area contributed by atoms with E-state index in [1.807, 2.05) is 18.0 Å². The molecule has 2 atom stereocenters. The Morgan fingerprint density at radius 1 is 1.12 bits per heavy atom. The Morgan fingerprint density at radius 3 is 2.23 bits per heavy atom. The average molecular weight is 362 g/mol. The standard InChI is InChI=1S/C24H43NO/c1-6-20(3)18-19-25(5)24(26)21(4)16-17-22(7-2)23-14-12-10-8-9-11-13-15-23/h7,16-17,20,23-24,26H,4,6,8-15,18-19H2,1-3,5H3/b17-16-,22-7+. The Hall–Kier alpha value is -0.860. The van der Waals surface area contributed by atoms with Crippen LogP contribution in [0.4, 0.5) is 0 Å². The van der Waals surface area contributed by atoms with Crippen LogP contribution in [0.15, 0.2) is 36.0 Å². The van der Waals surface area contributed by atoms with Gasteiger partial charge >= 0.3 is 0 Å². The molecule has 2 heteroatoms. The molecular weight excluding hydrogens is 318 g/mol. The lowest BCUT2D eigenvalue weighted by molar-refractivity contribution is 0.0524. The van der Waals surface area contributed by atoms with Gasteiger partial charge in [-0.05, 0) is 56.2 Å². The fourth-order valence-corrected chi connectivity index (χ4v) is 3.76. The van der Waals surface area contributed by atoms with Crippen molar-refractivity contribution >= 4 is 0 Å². The molecule has 0 radical (unpaired) electrons. The first kappa shape index (κ1) is 23.2. The summed E-state index contributed by atoms with van der Waals surface area (Å²) in [5, 5.41) is 10.5. The van der Waals surface area contributed by atoms with Gasteiger partial charge in [0.05, 0.1) is 0 Å². The van der Waals surface area contributed by atoms with Gasteiger partial charge in [0.2, 0.25) is 0 Å². The summed E-state index contributed by atoms with van der Waals surface area (Å²) in [5.41, 5.74) is 2.21. The van der Waals surface area contributed by atoms with Crippen LogP contribution in [-0.2, 0) is 0 Å². The Morgan fingerprint density at radius 2 is 1.69 bits per heavy atom. The summed E-state index contributed by atoms with van der Waals surface area (Å²) in [6.07, 6.45) is 19.1. The minimum absolute atomic E-state index is 0.589. The molecule has 0 aliphatic heterocycles. The van der Waals surface area contributed by atoms with E-state index in [-0.39, 0.29) is 0 Å². The van der Waals surface area contributed by atoms with Crippen LogP contribution in [0.1, 0.15) is 85.0 Å². The summed E-state index contributed by atoms with van der Waals surface area (Å²) >= 11 is 0. The number of likely N-dealkylation sites (N-methyl/N-ethyl adjacent to an activating group) is 1. The molecule has 26 heavy (non-hydrogen) atoms. The van der Waals surface area contributed by atoms with Crippen molar-refractivity contribution in [3.8, 4) is 0 Å². The molecule has 1 aliphatic carbocycles. The molecule has 1 N–H and O–H groups in total. The van der Waals surface area contributed by atoms with E-state index in [9.17, 15) is 5.11 Å². The predicted molar refractivity (Wildman–Crippen MR) is 115 cm³/mol. The SMILES string of the molecule is C=C(/C=C\C(=C/C)C1CCCCCCCC1)C(O)N(C)CCC(C)CC. The van der Waals surface area contributed by atoms with E-state index in [1.165, 1.54) is 63.4 Å². The summed E-state index contributed by atoms with van der Waals surface area (Å²) in [4.78, 5) is 2.01. The number of nitrogens with zero attached hydrogens (tertiary/aromatic N) is 1. The van der Waals surface area contributed by atoms with E-state index in [4.69, 9.17) is 0 Å². The van der Waals surface area contributed by atoms with Crippen LogP contribution in [0.2, 0.25) is 0 Å². The maximum Gasteiger partial charge on any atom is 0.132 e. The van der Waals surface area contributed by atoms with Gasteiger partial charge in [-0.25, -0.2) is 0 Å². The molecule has 0 spiro atoms. The molecule has 0 aromatic carbocycles. The van der Waals surface area contributed by atoms with Crippen molar-refractivity contribution in [2.75, 3.05) is 13.6 Å². The number of allylic oxidation sites excluding steroid dienone is 3. The second kappa shape index (κ2) is 13.3. The molecule has 0 aromatic rings. The Kier molecular flexibility index (Phi) is 11.9. The summed E-state index contributed by atoms with van der Waals surface area (Å²) in [6.45, 7) is 11.7. The van der Waals surface area contributed by atoms with Gasteiger partial charge < -0.3 is 5.11 Å². The van der Waals surface area contributed by atoms with Crippen LogP contribution in [0, 0.1) is 11.8 Å². The van der Waals surface area contributed by atoms with Gasteiger partial charge in [-0.1, -0.05) is 83.6 Å². The number of aliphatic hydroxyl groups is 1. The second-order valence-corrected chi connectivity index (χ2v) is 8.25. The predicted octanol–water partition coefficient (Wildman–Crippen LogP) is 6.48.